The zero-order valence-corrected chi connectivity index (χ0v) is 12.2. The summed E-state index contributed by atoms with van der Waals surface area (Å²) in [4.78, 5) is 0. The first-order valence-electron chi connectivity index (χ1n) is 5.99. The highest BCUT2D eigenvalue weighted by Crippen LogP contribution is 2.26. The number of sulfone groups is 1. The van der Waals surface area contributed by atoms with Crippen LogP contribution < -0.4 is 10.1 Å². The maximum Gasteiger partial charge on any atom is 0.149 e. The summed E-state index contributed by atoms with van der Waals surface area (Å²) in [5.74, 6) is 0.866. The van der Waals surface area contributed by atoms with Crippen molar-refractivity contribution in [2.45, 2.75) is 26.8 Å². The summed E-state index contributed by atoms with van der Waals surface area (Å²) < 4.78 is 28.0. The van der Waals surface area contributed by atoms with Gasteiger partial charge in [-0.2, -0.15) is 0 Å². The first kappa shape index (κ1) is 14.8. The number of ether oxygens (including phenoxy) is 1. The molecule has 0 aromatic heterocycles. The van der Waals surface area contributed by atoms with Gasteiger partial charge in [0.1, 0.15) is 15.6 Å². The van der Waals surface area contributed by atoms with Crippen LogP contribution in [0.4, 0.5) is 5.69 Å². The van der Waals surface area contributed by atoms with Gasteiger partial charge in [-0.1, -0.05) is 6.07 Å². The zero-order valence-electron chi connectivity index (χ0n) is 11.4. The average Bonchev–Trinajstić information content (AvgIpc) is 2.20. The molecule has 1 N–H and O–H groups in total. The molecule has 1 aromatic carbocycles. The molecule has 5 heteroatoms. The zero-order chi connectivity index (χ0) is 13.8. The van der Waals surface area contributed by atoms with E-state index in [9.17, 15) is 8.42 Å². The van der Waals surface area contributed by atoms with Gasteiger partial charge in [-0.05, 0) is 38.5 Å². The summed E-state index contributed by atoms with van der Waals surface area (Å²) in [6.07, 6.45) is 1.24. The van der Waals surface area contributed by atoms with Gasteiger partial charge < -0.3 is 10.1 Å². The van der Waals surface area contributed by atoms with Gasteiger partial charge in [0.05, 0.1) is 18.0 Å². The van der Waals surface area contributed by atoms with E-state index in [0.29, 0.717) is 6.61 Å². The fourth-order valence-electron chi connectivity index (χ4n) is 1.78. The van der Waals surface area contributed by atoms with Crippen LogP contribution in [0.3, 0.4) is 0 Å². The van der Waals surface area contributed by atoms with Gasteiger partial charge in [0, 0.05) is 12.3 Å². The highest BCUT2D eigenvalue weighted by molar-refractivity contribution is 7.90. The van der Waals surface area contributed by atoms with E-state index in [-0.39, 0.29) is 11.8 Å². The largest absolute Gasteiger partial charge is 0.492 e. The third-order valence-electron chi connectivity index (χ3n) is 2.39. The first-order valence-corrected chi connectivity index (χ1v) is 8.05. The second-order valence-electron chi connectivity index (χ2n) is 4.57. The number of hydrogen-bond donors (Lipinski definition) is 1. The van der Waals surface area contributed by atoms with E-state index in [4.69, 9.17) is 4.74 Å². The molecule has 0 radical (unpaired) electrons. The van der Waals surface area contributed by atoms with Gasteiger partial charge in [-0.3, -0.25) is 0 Å². The van der Waals surface area contributed by atoms with Crippen molar-refractivity contribution in [1.29, 1.82) is 0 Å². The van der Waals surface area contributed by atoms with Crippen molar-refractivity contribution in [3.63, 3.8) is 0 Å². The molecule has 18 heavy (non-hydrogen) atoms. The summed E-state index contributed by atoms with van der Waals surface area (Å²) in [5, 5.41) is 3.17. The highest BCUT2D eigenvalue weighted by Gasteiger charge is 2.12. The molecular formula is C13H21NO3S. The number of anilines is 1. The molecule has 0 aliphatic heterocycles. The van der Waals surface area contributed by atoms with Crippen LogP contribution in [0.15, 0.2) is 18.2 Å². The summed E-state index contributed by atoms with van der Waals surface area (Å²) >= 11 is 0. The minimum absolute atomic E-state index is 0.104. The quantitative estimate of drug-likeness (QED) is 0.862. The summed E-state index contributed by atoms with van der Waals surface area (Å²) in [7, 11) is -2.98. The molecule has 0 aliphatic rings. The second kappa shape index (κ2) is 6.09. The third-order valence-corrected chi connectivity index (χ3v) is 3.50. The minimum Gasteiger partial charge on any atom is -0.492 e. The average molecular weight is 271 g/mol. The monoisotopic (exact) mass is 271 g/mol. The molecule has 0 bridgehead atoms. The minimum atomic E-state index is -2.98. The topological polar surface area (TPSA) is 55.4 Å². The first-order chi connectivity index (χ1) is 8.31. The Morgan fingerprint density at radius 3 is 2.61 bits per heavy atom. The fraction of sp³-hybridized carbons (Fsp3) is 0.538. The Labute approximate surface area is 109 Å². The maximum absolute atomic E-state index is 11.2. The Morgan fingerprint density at radius 1 is 1.39 bits per heavy atom. The predicted octanol–water partition coefficient (Wildman–Crippen LogP) is 2.24. The normalized spacial score (nSPS) is 13.1. The Balaban J connectivity index is 2.83. The molecular weight excluding hydrogens is 250 g/mol. The van der Waals surface area contributed by atoms with Crippen molar-refractivity contribution < 1.29 is 13.2 Å². The van der Waals surface area contributed by atoms with Crippen molar-refractivity contribution in [1.82, 2.24) is 0 Å². The molecule has 4 nitrogen and oxygen atoms in total. The predicted molar refractivity (Wildman–Crippen MR) is 75.1 cm³/mol. The van der Waals surface area contributed by atoms with E-state index in [1.807, 2.05) is 39.0 Å². The van der Waals surface area contributed by atoms with Crippen LogP contribution in [0.2, 0.25) is 0 Å². The Morgan fingerprint density at radius 2 is 2.06 bits per heavy atom. The number of rotatable bonds is 6. The van der Waals surface area contributed by atoms with Gasteiger partial charge in [0.2, 0.25) is 0 Å². The molecule has 0 fully saturated rings. The molecule has 0 saturated carbocycles. The molecule has 0 saturated heterocycles. The smallest absolute Gasteiger partial charge is 0.149 e. The lowest BCUT2D eigenvalue weighted by Gasteiger charge is -2.17. The van der Waals surface area contributed by atoms with Crippen LogP contribution in [0, 0.1) is 6.92 Å². The number of benzene rings is 1. The van der Waals surface area contributed by atoms with E-state index in [1.165, 1.54) is 6.26 Å². The van der Waals surface area contributed by atoms with Crippen LogP contribution in [0.5, 0.6) is 5.75 Å². The van der Waals surface area contributed by atoms with Crippen LogP contribution in [0.25, 0.3) is 0 Å². The van der Waals surface area contributed by atoms with Crippen LogP contribution in [-0.2, 0) is 9.84 Å². The number of hydrogen-bond acceptors (Lipinski definition) is 4. The third kappa shape index (κ3) is 4.96. The Kier molecular flexibility index (Phi) is 5.02. The molecule has 0 aliphatic carbocycles. The van der Waals surface area contributed by atoms with Crippen molar-refractivity contribution in [2.24, 2.45) is 0 Å². The van der Waals surface area contributed by atoms with Gasteiger partial charge in [0.15, 0.2) is 0 Å². The fourth-order valence-corrected chi connectivity index (χ4v) is 2.78. The SMILES string of the molecule is CCOc1cc(C)ccc1NC(C)CS(C)(=O)=O. The molecule has 0 heterocycles. The highest BCUT2D eigenvalue weighted by atomic mass is 32.2. The molecule has 1 unspecified atom stereocenters. The lowest BCUT2D eigenvalue weighted by molar-refractivity contribution is 0.341. The molecule has 0 spiro atoms. The van der Waals surface area contributed by atoms with E-state index < -0.39 is 9.84 Å². The van der Waals surface area contributed by atoms with Gasteiger partial charge in [-0.25, -0.2) is 8.42 Å². The van der Waals surface area contributed by atoms with E-state index in [0.717, 1.165) is 17.0 Å². The summed E-state index contributed by atoms with van der Waals surface area (Å²) in [5.41, 5.74) is 1.94. The maximum atomic E-state index is 11.2. The molecule has 102 valence electrons. The summed E-state index contributed by atoms with van der Waals surface area (Å²) in [6, 6.07) is 5.68. The van der Waals surface area contributed by atoms with Crippen LogP contribution in [-0.4, -0.2) is 33.1 Å². The molecule has 1 rings (SSSR count). The van der Waals surface area contributed by atoms with E-state index >= 15 is 0 Å². The lowest BCUT2D eigenvalue weighted by atomic mass is 10.2. The molecule has 1 aromatic rings. The van der Waals surface area contributed by atoms with Crippen LogP contribution in [0.1, 0.15) is 19.4 Å². The standard InChI is InChI=1S/C13H21NO3S/c1-5-17-13-8-10(2)6-7-12(13)14-11(3)9-18(4,15)16/h6-8,11,14H,5,9H2,1-4H3. The van der Waals surface area contributed by atoms with Crippen LogP contribution >= 0.6 is 0 Å². The van der Waals surface area contributed by atoms with E-state index in [1.54, 1.807) is 0 Å². The van der Waals surface area contributed by atoms with Crippen molar-refractivity contribution >= 4 is 15.5 Å². The van der Waals surface area contributed by atoms with Crippen molar-refractivity contribution in [3.05, 3.63) is 23.8 Å². The lowest BCUT2D eigenvalue weighted by Crippen LogP contribution is -2.25. The van der Waals surface area contributed by atoms with Gasteiger partial charge >= 0.3 is 0 Å². The van der Waals surface area contributed by atoms with Crippen molar-refractivity contribution in [2.75, 3.05) is 23.9 Å². The molecule has 1 atom stereocenters. The van der Waals surface area contributed by atoms with Gasteiger partial charge in [-0.15, -0.1) is 0 Å². The van der Waals surface area contributed by atoms with Crippen molar-refractivity contribution in [3.8, 4) is 5.75 Å². The van der Waals surface area contributed by atoms with E-state index in [2.05, 4.69) is 5.32 Å². The number of aryl methyl sites for hydroxylation is 1. The van der Waals surface area contributed by atoms with Gasteiger partial charge in [0.25, 0.3) is 0 Å². The molecule has 0 amide bonds. The number of nitrogens with one attached hydrogen (secondary N) is 1. The second-order valence-corrected chi connectivity index (χ2v) is 6.76. The summed E-state index contributed by atoms with van der Waals surface area (Å²) in [6.45, 7) is 6.34. The Bertz CT molecular complexity index is 497. The Hall–Kier alpha value is -1.23.